The molecule has 170 valence electrons. The highest BCUT2D eigenvalue weighted by Crippen LogP contribution is 2.29. The molecular weight excluding hydrogens is 404 g/mol. The molecule has 2 aromatic carbocycles. The first kappa shape index (κ1) is 23.1. The minimum Gasteiger partial charge on any atom is -0.493 e. The Kier molecular flexibility index (Phi) is 8.92. The molecule has 0 unspecified atom stereocenters. The van der Waals surface area contributed by atoms with Crippen LogP contribution in [0.3, 0.4) is 0 Å². The van der Waals surface area contributed by atoms with Crippen LogP contribution in [0.15, 0.2) is 59.9 Å². The quantitative estimate of drug-likeness (QED) is 0.355. The van der Waals surface area contributed by atoms with Crippen LogP contribution in [0.5, 0.6) is 11.5 Å². The van der Waals surface area contributed by atoms with Gasteiger partial charge in [-0.05, 0) is 30.2 Å². The molecule has 0 saturated carbocycles. The second-order valence-corrected chi connectivity index (χ2v) is 7.18. The highest BCUT2D eigenvalue weighted by Gasteiger charge is 2.07. The molecule has 1 heterocycles. The van der Waals surface area contributed by atoms with Crippen LogP contribution in [0.4, 0.5) is 0 Å². The van der Waals surface area contributed by atoms with Crippen LogP contribution >= 0.6 is 0 Å². The van der Waals surface area contributed by atoms with Crippen molar-refractivity contribution in [2.75, 3.05) is 20.2 Å². The minimum absolute atomic E-state index is 0.495. The maximum Gasteiger partial charge on any atom is 0.191 e. The number of rotatable bonds is 11. The van der Waals surface area contributed by atoms with E-state index in [9.17, 15) is 0 Å². The molecule has 0 aliphatic rings. The Morgan fingerprint density at radius 3 is 2.62 bits per heavy atom. The molecular formula is C24H32N6O2. The van der Waals surface area contributed by atoms with Gasteiger partial charge in [0, 0.05) is 26.1 Å². The van der Waals surface area contributed by atoms with Crippen LogP contribution < -0.4 is 20.1 Å². The van der Waals surface area contributed by atoms with Crippen molar-refractivity contribution in [2.45, 2.75) is 40.0 Å². The number of methoxy groups -OCH3 is 1. The maximum absolute atomic E-state index is 5.94. The average Bonchev–Trinajstić information content (AvgIpc) is 3.29. The molecule has 8 heteroatoms. The fourth-order valence-electron chi connectivity index (χ4n) is 3.21. The zero-order valence-electron chi connectivity index (χ0n) is 19.0. The van der Waals surface area contributed by atoms with E-state index in [1.807, 2.05) is 55.5 Å². The topological polar surface area (TPSA) is 85.6 Å². The first-order valence-corrected chi connectivity index (χ1v) is 11.0. The Morgan fingerprint density at radius 2 is 1.88 bits per heavy atom. The fourth-order valence-corrected chi connectivity index (χ4v) is 3.21. The van der Waals surface area contributed by atoms with E-state index in [1.165, 1.54) is 0 Å². The highest BCUT2D eigenvalue weighted by molar-refractivity contribution is 5.79. The van der Waals surface area contributed by atoms with Crippen molar-refractivity contribution in [3.05, 3.63) is 71.8 Å². The molecule has 0 aliphatic heterocycles. The summed E-state index contributed by atoms with van der Waals surface area (Å²) in [5, 5.41) is 14.7. The predicted octanol–water partition coefficient (Wildman–Crippen LogP) is 3.18. The van der Waals surface area contributed by atoms with Gasteiger partial charge in [0.1, 0.15) is 18.8 Å². The van der Waals surface area contributed by atoms with Crippen LogP contribution in [0.25, 0.3) is 0 Å². The summed E-state index contributed by atoms with van der Waals surface area (Å²) in [4.78, 5) is 4.70. The van der Waals surface area contributed by atoms with Crippen molar-refractivity contribution < 1.29 is 9.47 Å². The molecule has 0 saturated heterocycles. The van der Waals surface area contributed by atoms with E-state index in [-0.39, 0.29) is 0 Å². The SMILES string of the molecule is CCNC(=NCc1ccc(OCc2ccccc2)c(OC)c1)NCCn1cnnc1CC. The van der Waals surface area contributed by atoms with Gasteiger partial charge in [0.15, 0.2) is 17.5 Å². The lowest BCUT2D eigenvalue weighted by Gasteiger charge is -2.13. The van der Waals surface area contributed by atoms with Crippen LogP contribution in [-0.2, 0) is 26.1 Å². The molecule has 32 heavy (non-hydrogen) atoms. The van der Waals surface area contributed by atoms with E-state index in [4.69, 9.17) is 14.5 Å². The van der Waals surface area contributed by atoms with Crippen molar-refractivity contribution in [3.63, 3.8) is 0 Å². The minimum atomic E-state index is 0.495. The lowest BCUT2D eigenvalue weighted by atomic mass is 10.2. The Labute approximate surface area is 189 Å². The molecule has 8 nitrogen and oxygen atoms in total. The third kappa shape index (κ3) is 6.73. The Balaban J connectivity index is 1.58. The van der Waals surface area contributed by atoms with E-state index < -0.39 is 0 Å². The van der Waals surface area contributed by atoms with E-state index in [1.54, 1.807) is 13.4 Å². The molecule has 0 amide bonds. The normalized spacial score (nSPS) is 11.3. The second-order valence-electron chi connectivity index (χ2n) is 7.18. The number of ether oxygens (including phenoxy) is 2. The van der Waals surface area contributed by atoms with Gasteiger partial charge in [-0.25, -0.2) is 4.99 Å². The lowest BCUT2D eigenvalue weighted by Crippen LogP contribution is -2.38. The van der Waals surface area contributed by atoms with Gasteiger partial charge < -0.3 is 24.7 Å². The summed E-state index contributed by atoms with van der Waals surface area (Å²) in [7, 11) is 1.65. The first-order chi connectivity index (χ1) is 15.7. The zero-order valence-corrected chi connectivity index (χ0v) is 19.0. The average molecular weight is 437 g/mol. The van der Waals surface area contributed by atoms with Crippen molar-refractivity contribution in [1.82, 2.24) is 25.4 Å². The number of hydrogen-bond acceptors (Lipinski definition) is 5. The van der Waals surface area contributed by atoms with Gasteiger partial charge in [0.2, 0.25) is 0 Å². The van der Waals surface area contributed by atoms with Gasteiger partial charge in [0.25, 0.3) is 0 Å². The summed E-state index contributed by atoms with van der Waals surface area (Å²) < 4.78 is 13.5. The van der Waals surface area contributed by atoms with Gasteiger partial charge in [-0.2, -0.15) is 0 Å². The van der Waals surface area contributed by atoms with Crippen molar-refractivity contribution in [1.29, 1.82) is 0 Å². The lowest BCUT2D eigenvalue weighted by molar-refractivity contribution is 0.284. The number of nitrogens with one attached hydrogen (secondary N) is 2. The summed E-state index contributed by atoms with van der Waals surface area (Å²) in [5.41, 5.74) is 2.15. The first-order valence-electron chi connectivity index (χ1n) is 11.0. The fraction of sp³-hybridized carbons (Fsp3) is 0.375. The molecule has 0 aliphatic carbocycles. The maximum atomic E-state index is 5.94. The van der Waals surface area contributed by atoms with Crippen molar-refractivity contribution >= 4 is 5.96 Å². The number of aliphatic imine (C=N–C) groups is 1. The molecule has 3 aromatic rings. The number of aryl methyl sites for hydroxylation is 1. The third-order valence-corrected chi connectivity index (χ3v) is 4.89. The molecule has 0 atom stereocenters. The molecule has 0 fully saturated rings. The van der Waals surface area contributed by atoms with E-state index in [0.717, 1.165) is 54.7 Å². The molecule has 2 N–H and O–H groups in total. The van der Waals surface area contributed by atoms with Gasteiger partial charge in [-0.3, -0.25) is 0 Å². The summed E-state index contributed by atoms with van der Waals surface area (Å²) in [6, 6.07) is 16.0. The summed E-state index contributed by atoms with van der Waals surface area (Å²) >= 11 is 0. The smallest absolute Gasteiger partial charge is 0.191 e. The van der Waals surface area contributed by atoms with E-state index in [0.29, 0.717) is 18.9 Å². The van der Waals surface area contributed by atoms with Crippen LogP contribution in [0.2, 0.25) is 0 Å². The Bertz CT molecular complexity index is 987. The van der Waals surface area contributed by atoms with Crippen LogP contribution in [-0.4, -0.2) is 40.9 Å². The number of aromatic nitrogens is 3. The van der Waals surface area contributed by atoms with Crippen molar-refractivity contribution in [2.24, 2.45) is 4.99 Å². The largest absolute Gasteiger partial charge is 0.493 e. The van der Waals surface area contributed by atoms with E-state index >= 15 is 0 Å². The van der Waals surface area contributed by atoms with Gasteiger partial charge in [-0.1, -0.05) is 43.3 Å². The summed E-state index contributed by atoms with van der Waals surface area (Å²) in [6.07, 6.45) is 2.62. The monoisotopic (exact) mass is 436 g/mol. The number of nitrogens with zero attached hydrogens (tertiary/aromatic N) is 4. The second kappa shape index (κ2) is 12.3. The molecule has 0 spiro atoms. The number of hydrogen-bond donors (Lipinski definition) is 2. The van der Waals surface area contributed by atoms with Gasteiger partial charge in [-0.15, -0.1) is 10.2 Å². The zero-order chi connectivity index (χ0) is 22.6. The summed E-state index contributed by atoms with van der Waals surface area (Å²) in [6.45, 7) is 7.44. The molecule has 0 bridgehead atoms. The number of benzene rings is 2. The molecule has 1 aromatic heterocycles. The van der Waals surface area contributed by atoms with Crippen LogP contribution in [0, 0.1) is 0 Å². The predicted molar refractivity (Wildman–Crippen MR) is 126 cm³/mol. The third-order valence-electron chi connectivity index (χ3n) is 4.89. The van der Waals surface area contributed by atoms with Crippen molar-refractivity contribution in [3.8, 4) is 11.5 Å². The number of guanidine groups is 1. The van der Waals surface area contributed by atoms with E-state index in [2.05, 4.69) is 32.3 Å². The van der Waals surface area contributed by atoms with Gasteiger partial charge in [0.05, 0.1) is 13.7 Å². The Hall–Kier alpha value is -3.55. The Morgan fingerprint density at radius 1 is 1.03 bits per heavy atom. The van der Waals surface area contributed by atoms with Crippen LogP contribution in [0.1, 0.15) is 30.8 Å². The molecule has 3 rings (SSSR count). The summed E-state index contributed by atoms with van der Waals surface area (Å²) in [5.74, 6) is 3.17. The molecule has 0 radical (unpaired) electrons. The standard InChI is InChI=1S/C24H32N6O2/c1-4-23-29-28-18-30(23)14-13-26-24(25-5-2)27-16-20-11-12-21(22(15-20)31-3)32-17-19-9-7-6-8-10-19/h6-12,15,18H,4-5,13-14,16-17H2,1-3H3,(H2,25,26,27). The highest BCUT2D eigenvalue weighted by atomic mass is 16.5. The van der Waals surface area contributed by atoms with Gasteiger partial charge >= 0.3 is 0 Å².